The van der Waals surface area contributed by atoms with Gasteiger partial charge in [-0.2, -0.15) is 5.26 Å². The predicted molar refractivity (Wildman–Crippen MR) is 76.0 cm³/mol. The molecule has 3 rings (SSSR count). The summed E-state index contributed by atoms with van der Waals surface area (Å²) in [5, 5.41) is 10.4. The lowest BCUT2D eigenvalue weighted by molar-refractivity contribution is 0.321. The van der Waals surface area contributed by atoms with Crippen molar-refractivity contribution < 1.29 is 0 Å². The molecular weight excluding hydrogens is 242 g/mol. The number of nitrogens with two attached hydrogens (primary N) is 1. The molecular formula is C14H19N3S. The Hall–Kier alpha value is -1.21. The van der Waals surface area contributed by atoms with Crippen molar-refractivity contribution in [3.8, 4) is 6.07 Å². The molecule has 0 radical (unpaired) electrons. The van der Waals surface area contributed by atoms with Crippen LogP contribution in [0.2, 0.25) is 0 Å². The van der Waals surface area contributed by atoms with Crippen LogP contribution in [-0.4, -0.2) is 13.6 Å². The van der Waals surface area contributed by atoms with Crippen molar-refractivity contribution in [1.82, 2.24) is 0 Å². The second-order valence-corrected chi connectivity index (χ2v) is 6.63. The number of nitriles is 1. The SMILES string of the molecule is CN(CC1CCC1)c1sc(C#N)c(N)c1C1CC1. The van der Waals surface area contributed by atoms with E-state index in [0.717, 1.165) is 18.2 Å². The highest BCUT2D eigenvalue weighted by atomic mass is 32.1. The topological polar surface area (TPSA) is 53.0 Å². The van der Waals surface area contributed by atoms with Crippen LogP contribution < -0.4 is 10.6 Å². The van der Waals surface area contributed by atoms with Crippen LogP contribution in [0.25, 0.3) is 0 Å². The van der Waals surface area contributed by atoms with Gasteiger partial charge in [-0.15, -0.1) is 11.3 Å². The van der Waals surface area contributed by atoms with E-state index in [9.17, 15) is 0 Å². The number of hydrogen-bond donors (Lipinski definition) is 1. The van der Waals surface area contributed by atoms with Gasteiger partial charge in [-0.05, 0) is 37.5 Å². The highest BCUT2D eigenvalue weighted by Gasteiger charge is 2.33. The molecule has 2 saturated carbocycles. The standard InChI is InChI=1S/C14H19N3S/c1-17(8-9-3-2-4-9)14-12(10-5-6-10)13(16)11(7-15)18-14/h9-10H,2-6,8,16H2,1H3. The third kappa shape index (κ3) is 1.97. The van der Waals surface area contributed by atoms with Gasteiger partial charge < -0.3 is 10.6 Å². The van der Waals surface area contributed by atoms with Crippen molar-refractivity contribution in [3.05, 3.63) is 10.4 Å². The molecule has 0 unspecified atom stereocenters. The van der Waals surface area contributed by atoms with Gasteiger partial charge in [0.15, 0.2) is 0 Å². The molecule has 0 aliphatic heterocycles. The molecule has 2 aliphatic rings. The third-order valence-electron chi connectivity index (χ3n) is 4.15. The Morgan fingerprint density at radius 2 is 2.11 bits per heavy atom. The lowest BCUT2D eigenvalue weighted by Crippen LogP contribution is -2.29. The number of anilines is 2. The van der Waals surface area contributed by atoms with Crippen molar-refractivity contribution >= 4 is 22.0 Å². The Kier molecular flexibility index (Phi) is 2.95. The zero-order valence-electron chi connectivity index (χ0n) is 10.8. The van der Waals surface area contributed by atoms with E-state index in [1.165, 1.54) is 42.7 Å². The predicted octanol–water partition coefficient (Wildman–Crippen LogP) is 3.32. The number of rotatable bonds is 4. The zero-order chi connectivity index (χ0) is 12.7. The van der Waals surface area contributed by atoms with Crippen LogP contribution >= 0.6 is 11.3 Å². The maximum atomic E-state index is 9.14. The lowest BCUT2D eigenvalue weighted by Gasteiger charge is -2.31. The third-order valence-corrected chi connectivity index (χ3v) is 5.39. The Labute approximate surface area is 112 Å². The van der Waals surface area contributed by atoms with Gasteiger partial charge in [0.25, 0.3) is 0 Å². The van der Waals surface area contributed by atoms with Gasteiger partial charge in [-0.25, -0.2) is 0 Å². The molecule has 1 aromatic rings. The lowest BCUT2D eigenvalue weighted by atomic mass is 9.85. The monoisotopic (exact) mass is 261 g/mol. The fraction of sp³-hybridized carbons (Fsp3) is 0.643. The van der Waals surface area contributed by atoms with Crippen molar-refractivity contribution in [2.24, 2.45) is 5.92 Å². The molecule has 4 heteroatoms. The second-order valence-electron chi connectivity index (χ2n) is 5.63. The van der Waals surface area contributed by atoms with Crippen LogP contribution in [0.1, 0.15) is 48.5 Å². The minimum atomic E-state index is 0.613. The molecule has 96 valence electrons. The highest BCUT2D eigenvalue weighted by molar-refractivity contribution is 7.17. The normalized spacial score (nSPS) is 19.3. The molecule has 0 bridgehead atoms. The van der Waals surface area contributed by atoms with Crippen LogP contribution in [0, 0.1) is 17.2 Å². The number of thiophene rings is 1. The van der Waals surface area contributed by atoms with Crippen LogP contribution in [0.3, 0.4) is 0 Å². The maximum absolute atomic E-state index is 9.14. The van der Waals surface area contributed by atoms with Gasteiger partial charge in [0.1, 0.15) is 10.9 Å². The molecule has 3 nitrogen and oxygen atoms in total. The summed E-state index contributed by atoms with van der Waals surface area (Å²) in [7, 11) is 2.15. The molecule has 2 N–H and O–H groups in total. The van der Waals surface area contributed by atoms with E-state index in [1.807, 2.05) is 0 Å². The molecule has 1 heterocycles. The number of hydrogen-bond acceptors (Lipinski definition) is 4. The minimum Gasteiger partial charge on any atom is -0.397 e. The molecule has 0 amide bonds. The van der Waals surface area contributed by atoms with Gasteiger partial charge in [-0.1, -0.05) is 6.42 Å². The molecule has 0 saturated heterocycles. The summed E-state index contributed by atoms with van der Waals surface area (Å²) in [4.78, 5) is 3.03. The van der Waals surface area contributed by atoms with E-state index in [2.05, 4.69) is 18.0 Å². The van der Waals surface area contributed by atoms with Crippen LogP contribution in [0.4, 0.5) is 10.7 Å². The summed E-state index contributed by atoms with van der Waals surface area (Å²) in [5.41, 5.74) is 8.14. The number of nitrogen functional groups attached to an aromatic ring is 1. The smallest absolute Gasteiger partial charge is 0.130 e. The van der Waals surface area contributed by atoms with Crippen LogP contribution in [0.15, 0.2) is 0 Å². The van der Waals surface area contributed by atoms with Crippen LogP contribution in [-0.2, 0) is 0 Å². The van der Waals surface area contributed by atoms with E-state index < -0.39 is 0 Å². The average Bonchev–Trinajstić information content (AvgIpc) is 3.08. The largest absolute Gasteiger partial charge is 0.397 e. The van der Waals surface area contributed by atoms with Gasteiger partial charge >= 0.3 is 0 Å². The Morgan fingerprint density at radius 3 is 2.61 bits per heavy atom. The summed E-state index contributed by atoms with van der Waals surface area (Å²) in [6.07, 6.45) is 6.56. The first-order valence-electron chi connectivity index (χ1n) is 6.74. The molecule has 18 heavy (non-hydrogen) atoms. The molecule has 0 spiro atoms. The molecule has 1 aromatic heterocycles. The Balaban J connectivity index is 1.87. The van der Waals surface area contributed by atoms with Gasteiger partial charge in [0.05, 0.1) is 10.7 Å². The van der Waals surface area contributed by atoms with Crippen LogP contribution in [0.5, 0.6) is 0 Å². The van der Waals surface area contributed by atoms with Gasteiger partial charge in [0, 0.05) is 19.2 Å². The fourth-order valence-corrected chi connectivity index (χ4v) is 3.80. The summed E-state index contributed by atoms with van der Waals surface area (Å²) in [6.45, 7) is 1.12. The first-order valence-corrected chi connectivity index (χ1v) is 7.55. The van der Waals surface area contributed by atoms with E-state index in [0.29, 0.717) is 10.8 Å². The number of nitrogens with zero attached hydrogens (tertiary/aromatic N) is 2. The first-order chi connectivity index (χ1) is 8.70. The minimum absolute atomic E-state index is 0.613. The summed E-state index contributed by atoms with van der Waals surface area (Å²) < 4.78 is 0. The van der Waals surface area contributed by atoms with Crippen molar-refractivity contribution in [2.45, 2.75) is 38.0 Å². The maximum Gasteiger partial charge on any atom is 0.130 e. The zero-order valence-corrected chi connectivity index (χ0v) is 11.6. The van der Waals surface area contributed by atoms with Gasteiger partial charge in [-0.3, -0.25) is 0 Å². The summed E-state index contributed by atoms with van der Waals surface area (Å²) >= 11 is 1.58. The first kappa shape index (κ1) is 11.9. The van der Waals surface area contributed by atoms with E-state index in [-0.39, 0.29) is 0 Å². The Bertz CT molecular complexity index is 492. The highest BCUT2D eigenvalue weighted by Crippen LogP contribution is 2.51. The van der Waals surface area contributed by atoms with Crippen molar-refractivity contribution in [1.29, 1.82) is 5.26 Å². The van der Waals surface area contributed by atoms with E-state index in [4.69, 9.17) is 11.0 Å². The molecule has 0 atom stereocenters. The van der Waals surface area contributed by atoms with Crippen molar-refractivity contribution in [2.75, 3.05) is 24.2 Å². The summed E-state index contributed by atoms with van der Waals surface area (Å²) in [5.74, 6) is 1.46. The molecule has 2 aliphatic carbocycles. The average molecular weight is 261 g/mol. The second kappa shape index (κ2) is 4.47. The summed E-state index contributed by atoms with van der Waals surface area (Å²) in [6, 6.07) is 2.24. The van der Waals surface area contributed by atoms with E-state index in [1.54, 1.807) is 11.3 Å². The molecule has 2 fully saturated rings. The molecule has 0 aromatic carbocycles. The van der Waals surface area contributed by atoms with E-state index >= 15 is 0 Å². The quantitative estimate of drug-likeness (QED) is 0.904. The van der Waals surface area contributed by atoms with Gasteiger partial charge in [0.2, 0.25) is 0 Å². The Morgan fingerprint density at radius 1 is 1.39 bits per heavy atom. The fourth-order valence-electron chi connectivity index (χ4n) is 2.72. The van der Waals surface area contributed by atoms with Crippen molar-refractivity contribution in [3.63, 3.8) is 0 Å².